The maximum Gasteiger partial charge on any atom is 0.253 e. The fraction of sp³-hybridized carbons (Fsp3) is 0.591. The molecule has 1 amide bonds. The number of likely N-dealkylation sites (tertiary alicyclic amines) is 1. The Bertz CT molecular complexity index is 748. The number of rotatable bonds is 3. The normalized spacial score (nSPS) is 26.4. The summed E-state index contributed by atoms with van der Waals surface area (Å²) in [5.74, 6) is 1.53. The van der Waals surface area contributed by atoms with E-state index in [0.29, 0.717) is 35.3 Å². The number of carbonyl (C=O) groups excluding carboxylic acids is 1. The number of benzene rings is 1. The number of hydrogen-bond acceptors (Lipinski definition) is 4. The van der Waals surface area contributed by atoms with Crippen molar-refractivity contribution in [3.05, 3.63) is 34.4 Å². The minimum absolute atomic E-state index is 0.0951. The summed E-state index contributed by atoms with van der Waals surface area (Å²) in [6.45, 7) is 9.39. The van der Waals surface area contributed by atoms with E-state index in [2.05, 4.69) is 18.7 Å². The van der Waals surface area contributed by atoms with Crippen LogP contribution in [0.15, 0.2) is 23.8 Å². The molecule has 0 N–H and O–H groups in total. The van der Waals surface area contributed by atoms with Gasteiger partial charge in [-0.05, 0) is 56.9 Å². The summed E-state index contributed by atoms with van der Waals surface area (Å²) >= 11 is 6.07. The molecule has 0 aromatic heterocycles. The second-order valence-corrected chi connectivity index (χ2v) is 8.79. The van der Waals surface area contributed by atoms with Crippen LogP contribution in [0.4, 0.5) is 0 Å². The lowest BCUT2D eigenvalue weighted by Crippen LogP contribution is -2.49. The van der Waals surface area contributed by atoms with Gasteiger partial charge in [0.15, 0.2) is 0 Å². The zero-order chi connectivity index (χ0) is 19.7. The van der Waals surface area contributed by atoms with Gasteiger partial charge in [0.1, 0.15) is 12.4 Å². The van der Waals surface area contributed by atoms with Crippen molar-refractivity contribution in [2.45, 2.75) is 38.9 Å². The molecule has 0 spiro atoms. The van der Waals surface area contributed by atoms with Gasteiger partial charge in [-0.2, -0.15) is 0 Å². The Balaban J connectivity index is 1.32. The van der Waals surface area contributed by atoms with Crippen LogP contribution in [-0.2, 0) is 9.53 Å². The van der Waals surface area contributed by atoms with Crippen molar-refractivity contribution >= 4 is 23.6 Å². The lowest BCUT2D eigenvalue weighted by molar-refractivity contribution is -0.129. The van der Waals surface area contributed by atoms with Crippen LogP contribution in [0, 0.1) is 5.92 Å². The maximum atomic E-state index is 12.9. The zero-order valence-electron chi connectivity index (χ0n) is 16.7. The Labute approximate surface area is 172 Å². The van der Waals surface area contributed by atoms with Crippen molar-refractivity contribution in [3.8, 4) is 5.75 Å². The monoisotopic (exact) mass is 404 g/mol. The molecule has 3 heterocycles. The van der Waals surface area contributed by atoms with E-state index in [1.165, 1.54) is 0 Å². The third kappa shape index (κ3) is 4.53. The van der Waals surface area contributed by atoms with E-state index in [4.69, 9.17) is 21.1 Å². The number of ether oxygens (including phenoxy) is 2. The molecular weight excluding hydrogens is 376 g/mol. The summed E-state index contributed by atoms with van der Waals surface area (Å²) in [6.07, 6.45) is 4.65. The van der Waals surface area contributed by atoms with Crippen LogP contribution in [0.1, 0.15) is 32.3 Å². The number of nitrogens with zero attached hydrogens (tertiary/aromatic N) is 2. The predicted octanol–water partition coefficient (Wildman–Crippen LogP) is 3.46. The molecule has 3 aliphatic rings. The molecule has 0 radical (unpaired) electrons. The summed E-state index contributed by atoms with van der Waals surface area (Å²) in [4.78, 5) is 17.5. The first kappa shape index (κ1) is 19.7. The Hall–Kier alpha value is -1.56. The van der Waals surface area contributed by atoms with Crippen molar-refractivity contribution in [2.24, 2.45) is 5.92 Å². The minimum Gasteiger partial charge on any atom is -0.488 e. The largest absolute Gasteiger partial charge is 0.488 e. The van der Waals surface area contributed by atoms with Crippen molar-refractivity contribution < 1.29 is 14.3 Å². The maximum absolute atomic E-state index is 12.9. The first-order valence-electron chi connectivity index (χ1n) is 10.3. The standard InChI is InChI=1S/C22H29ClN2O3/c1-15-11-24(12-16(2)28-15)13-17-5-7-25(8-6-17)22(26)19-9-18-10-20(23)3-4-21(18)27-14-19/h3-4,9-10,15-17H,5-8,11-14H2,1-2H3. The van der Waals surface area contributed by atoms with Gasteiger partial charge in [-0.1, -0.05) is 11.6 Å². The molecule has 4 rings (SSSR count). The smallest absolute Gasteiger partial charge is 0.253 e. The number of piperidine rings is 1. The van der Waals surface area contributed by atoms with E-state index in [1.54, 1.807) is 0 Å². The van der Waals surface area contributed by atoms with E-state index >= 15 is 0 Å². The molecule has 1 aromatic carbocycles. The molecule has 2 atom stereocenters. The van der Waals surface area contributed by atoms with Gasteiger partial charge in [-0.15, -0.1) is 0 Å². The van der Waals surface area contributed by atoms with Gasteiger partial charge < -0.3 is 14.4 Å². The number of carbonyl (C=O) groups is 1. The molecule has 2 unspecified atom stereocenters. The van der Waals surface area contributed by atoms with E-state index in [0.717, 1.165) is 56.9 Å². The highest BCUT2D eigenvalue weighted by Gasteiger charge is 2.29. The highest BCUT2D eigenvalue weighted by Crippen LogP contribution is 2.30. The van der Waals surface area contributed by atoms with Crippen LogP contribution in [0.25, 0.3) is 6.08 Å². The second-order valence-electron chi connectivity index (χ2n) is 8.35. The third-order valence-electron chi connectivity index (χ3n) is 5.87. The van der Waals surface area contributed by atoms with Gasteiger partial charge in [0.2, 0.25) is 0 Å². The highest BCUT2D eigenvalue weighted by molar-refractivity contribution is 6.30. The quantitative estimate of drug-likeness (QED) is 0.773. The second kappa shape index (κ2) is 8.44. The molecule has 1 aromatic rings. The van der Waals surface area contributed by atoms with Crippen LogP contribution >= 0.6 is 11.6 Å². The van der Waals surface area contributed by atoms with Gasteiger partial charge in [-0.25, -0.2) is 0 Å². The fourth-order valence-electron chi connectivity index (χ4n) is 4.59. The van der Waals surface area contributed by atoms with Gasteiger partial charge >= 0.3 is 0 Å². The Morgan fingerprint density at radius 3 is 2.61 bits per heavy atom. The molecule has 3 aliphatic heterocycles. The van der Waals surface area contributed by atoms with Crippen molar-refractivity contribution in [2.75, 3.05) is 39.3 Å². The van der Waals surface area contributed by atoms with E-state index in [9.17, 15) is 4.79 Å². The van der Waals surface area contributed by atoms with Gasteiger partial charge in [-0.3, -0.25) is 9.69 Å². The Morgan fingerprint density at radius 2 is 1.89 bits per heavy atom. The van der Waals surface area contributed by atoms with Gasteiger partial charge in [0, 0.05) is 43.3 Å². The molecule has 0 bridgehead atoms. The average molecular weight is 405 g/mol. The summed E-state index contributed by atoms with van der Waals surface area (Å²) in [5.41, 5.74) is 1.59. The van der Waals surface area contributed by atoms with Crippen LogP contribution in [-0.4, -0.2) is 67.2 Å². The Morgan fingerprint density at radius 1 is 1.18 bits per heavy atom. The summed E-state index contributed by atoms with van der Waals surface area (Å²) in [5, 5.41) is 0.653. The Kier molecular flexibility index (Phi) is 5.95. The topological polar surface area (TPSA) is 42.0 Å². The van der Waals surface area contributed by atoms with Gasteiger partial charge in [0.25, 0.3) is 5.91 Å². The molecule has 2 fully saturated rings. The fourth-order valence-corrected chi connectivity index (χ4v) is 4.77. The molecule has 5 nitrogen and oxygen atoms in total. The number of amides is 1. The highest BCUT2D eigenvalue weighted by atomic mass is 35.5. The van der Waals surface area contributed by atoms with Crippen LogP contribution in [0.3, 0.4) is 0 Å². The average Bonchev–Trinajstić information content (AvgIpc) is 2.66. The molecule has 2 saturated heterocycles. The molecule has 0 saturated carbocycles. The van der Waals surface area contributed by atoms with Crippen LogP contribution in [0.5, 0.6) is 5.75 Å². The lowest BCUT2D eigenvalue weighted by atomic mass is 9.95. The number of hydrogen-bond donors (Lipinski definition) is 0. The van der Waals surface area contributed by atoms with Gasteiger partial charge in [0.05, 0.1) is 17.8 Å². The first-order chi connectivity index (χ1) is 13.5. The molecule has 6 heteroatoms. The third-order valence-corrected chi connectivity index (χ3v) is 6.11. The SMILES string of the molecule is CC1CN(CC2CCN(C(=O)C3=Cc4cc(Cl)ccc4OC3)CC2)CC(C)O1. The van der Waals surface area contributed by atoms with Crippen molar-refractivity contribution in [1.82, 2.24) is 9.80 Å². The molecule has 28 heavy (non-hydrogen) atoms. The van der Waals surface area contributed by atoms with E-state index in [-0.39, 0.29) is 5.91 Å². The van der Waals surface area contributed by atoms with Crippen molar-refractivity contribution in [3.63, 3.8) is 0 Å². The number of fused-ring (bicyclic) bond motifs is 1. The first-order valence-corrected chi connectivity index (χ1v) is 10.7. The summed E-state index contributed by atoms with van der Waals surface area (Å²) < 4.78 is 11.6. The number of halogens is 1. The summed E-state index contributed by atoms with van der Waals surface area (Å²) in [6, 6.07) is 5.51. The van der Waals surface area contributed by atoms with E-state index in [1.807, 2.05) is 29.2 Å². The minimum atomic E-state index is 0.0951. The van der Waals surface area contributed by atoms with E-state index < -0.39 is 0 Å². The number of morpholine rings is 1. The summed E-state index contributed by atoms with van der Waals surface area (Å²) in [7, 11) is 0. The van der Waals surface area contributed by atoms with Crippen LogP contribution < -0.4 is 4.74 Å². The molecule has 0 aliphatic carbocycles. The lowest BCUT2D eigenvalue weighted by Gasteiger charge is -2.39. The predicted molar refractivity (Wildman–Crippen MR) is 111 cm³/mol. The van der Waals surface area contributed by atoms with Crippen molar-refractivity contribution in [1.29, 1.82) is 0 Å². The zero-order valence-corrected chi connectivity index (χ0v) is 17.5. The molecular formula is C22H29ClN2O3. The van der Waals surface area contributed by atoms with Crippen LogP contribution in [0.2, 0.25) is 5.02 Å². The molecule has 152 valence electrons.